The van der Waals surface area contributed by atoms with E-state index in [4.69, 9.17) is 5.73 Å². The summed E-state index contributed by atoms with van der Waals surface area (Å²) >= 11 is 5.26. The first-order valence-corrected chi connectivity index (χ1v) is 13.6. The van der Waals surface area contributed by atoms with E-state index in [1.165, 1.54) is 16.0 Å². The molecule has 0 saturated carbocycles. The maximum atomic E-state index is 5.71. The van der Waals surface area contributed by atoms with Gasteiger partial charge in [-0.3, -0.25) is 9.62 Å². The highest BCUT2D eigenvalue weighted by molar-refractivity contribution is 9.10. The standard InChI is InChI=1S/C25H34BrN7S/c1-19-3-9-23(10-4-19)34-28-14-2-15-32(16-11-20-5-7-21(26)8-6-20)22-12-17-33(18-13-22)25-29-24(27)30-31-25/h3-10,22,28H,2,11-18H2,1H3,(H3,27,29,30,31). The Morgan fingerprint density at radius 2 is 1.85 bits per heavy atom. The van der Waals surface area contributed by atoms with Crippen LogP contribution in [0.4, 0.5) is 11.9 Å². The minimum atomic E-state index is 0.379. The summed E-state index contributed by atoms with van der Waals surface area (Å²) in [5.41, 5.74) is 8.39. The van der Waals surface area contributed by atoms with E-state index in [1.807, 2.05) is 0 Å². The third-order valence-corrected chi connectivity index (χ3v) is 7.68. The van der Waals surface area contributed by atoms with E-state index < -0.39 is 0 Å². The van der Waals surface area contributed by atoms with Crippen molar-refractivity contribution >= 4 is 39.8 Å². The molecule has 7 nitrogen and oxygen atoms in total. The van der Waals surface area contributed by atoms with Crippen LogP contribution in [0.3, 0.4) is 0 Å². The number of aromatic nitrogens is 3. The van der Waals surface area contributed by atoms with Crippen LogP contribution in [0.2, 0.25) is 0 Å². The van der Waals surface area contributed by atoms with E-state index in [0.29, 0.717) is 12.0 Å². The van der Waals surface area contributed by atoms with Crippen LogP contribution in [0.25, 0.3) is 0 Å². The van der Waals surface area contributed by atoms with Crippen molar-refractivity contribution in [3.05, 3.63) is 64.1 Å². The number of nitrogens with one attached hydrogen (secondary N) is 2. The second-order valence-corrected chi connectivity index (χ2v) is 10.7. The first-order chi connectivity index (χ1) is 16.6. The van der Waals surface area contributed by atoms with Crippen LogP contribution < -0.4 is 15.4 Å². The van der Waals surface area contributed by atoms with Crippen LogP contribution in [0.5, 0.6) is 0 Å². The second-order valence-electron chi connectivity index (χ2n) is 8.81. The summed E-state index contributed by atoms with van der Waals surface area (Å²) in [4.78, 5) is 10.5. The number of rotatable bonds is 11. The number of H-pyrrole nitrogens is 1. The van der Waals surface area contributed by atoms with E-state index in [1.54, 1.807) is 11.9 Å². The Labute approximate surface area is 215 Å². The molecule has 4 N–H and O–H groups in total. The van der Waals surface area contributed by atoms with Gasteiger partial charge >= 0.3 is 0 Å². The van der Waals surface area contributed by atoms with Crippen LogP contribution in [0.15, 0.2) is 57.9 Å². The van der Waals surface area contributed by atoms with Crippen LogP contribution in [-0.4, -0.2) is 58.8 Å². The Morgan fingerprint density at radius 1 is 1.12 bits per heavy atom. The van der Waals surface area contributed by atoms with Crippen molar-refractivity contribution in [2.75, 3.05) is 43.4 Å². The predicted molar refractivity (Wildman–Crippen MR) is 145 cm³/mol. The lowest BCUT2D eigenvalue weighted by Gasteiger charge is -2.38. The largest absolute Gasteiger partial charge is 0.368 e. The quantitative estimate of drug-likeness (QED) is 0.239. The van der Waals surface area contributed by atoms with Gasteiger partial charge < -0.3 is 10.6 Å². The number of benzene rings is 2. The van der Waals surface area contributed by atoms with Crippen LogP contribution in [-0.2, 0) is 6.42 Å². The molecular formula is C25H34BrN7S. The lowest BCUT2D eigenvalue weighted by atomic mass is 10.0. The molecule has 9 heteroatoms. The molecule has 1 aromatic heterocycles. The molecule has 2 heterocycles. The van der Waals surface area contributed by atoms with Gasteiger partial charge in [0, 0.05) is 41.6 Å². The number of anilines is 2. The first-order valence-electron chi connectivity index (χ1n) is 11.9. The number of aryl methyl sites for hydroxylation is 1. The number of piperidine rings is 1. The average molecular weight is 545 g/mol. The van der Waals surface area contributed by atoms with Gasteiger partial charge in [-0.2, -0.15) is 4.98 Å². The lowest BCUT2D eigenvalue weighted by Crippen LogP contribution is -2.46. The molecule has 1 aliphatic heterocycles. The van der Waals surface area contributed by atoms with E-state index in [9.17, 15) is 0 Å². The van der Waals surface area contributed by atoms with Crippen molar-refractivity contribution in [1.29, 1.82) is 0 Å². The monoisotopic (exact) mass is 543 g/mol. The number of hydrogen-bond acceptors (Lipinski definition) is 7. The van der Waals surface area contributed by atoms with Gasteiger partial charge in [0.2, 0.25) is 11.9 Å². The molecule has 34 heavy (non-hydrogen) atoms. The summed E-state index contributed by atoms with van der Waals surface area (Å²) in [7, 11) is 0. The highest BCUT2D eigenvalue weighted by atomic mass is 79.9. The van der Waals surface area contributed by atoms with Crippen LogP contribution in [0, 0.1) is 6.92 Å². The number of hydrogen-bond donors (Lipinski definition) is 3. The van der Waals surface area contributed by atoms with Gasteiger partial charge in [0.25, 0.3) is 0 Å². The number of halogens is 1. The van der Waals surface area contributed by atoms with Gasteiger partial charge in [-0.25, -0.2) is 5.10 Å². The molecule has 2 aromatic carbocycles. The summed E-state index contributed by atoms with van der Waals surface area (Å²) in [5.74, 6) is 1.10. The molecule has 0 aliphatic carbocycles. The number of nitrogens with two attached hydrogens (primary N) is 1. The van der Waals surface area contributed by atoms with Crippen molar-refractivity contribution < 1.29 is 0 Å². The molecule has 3 aromatic rings. The zero-order valence-corrected chi connectivity index (χ0v) is 22.1. The zero-order valence-electron chi connectivity index (χ0n) is 19.7. The summed E-state index contributed by atoms with van der Waals surface area (Å²) < 4.78 is 4.66. The topological polar surface area (TPSA) is 86.1 Å². The Bertz CT molecular complexity index is 1000. The predicted octanol–water partition coefficient (Wildman–Crippen LogP) is 4.66. The summed E-state index contributed by atoms with van der Waals surface area (Å²) in [6, 6.07) is 17.9. The molecule has 1 aliphatic rings. The maximum Gasteiger partial charge on any atom is 0.246 e. The molecule has 1 fully saturated rings. The van der Waals surface area contributed by atoms with E-state index >= 15 is 0 Å². The normalized spacial score (nSPS) is 14.7. The van der Waals surface area contributed by atoms with Crippen molar-refractivity contribution in [2.45, 2.75) is 43.5 Å². The summed E-state index contributed by atoms with van der Waals surface area (Å²) in [6.45, 7) is 7.19. The molecule has 0 atom stereocenters. The minimum absolute atomic E-state index is 0.379. The molecule has 0 bridgehead atoms. The van der Waals surface area contributed by atoms with E-state index in [2.05, 4.69) is 101 Å². The number of nitrogens with zero attached hydrogens (tertiary/aromatic N) is 4. The minimum Gasteiger partial charge on any atom is -0.368 e. The molecule has 4 rings (SSSR count). The van der Waals surface area contributed by atoms with Gasteiger partial charge in [-0.15, -0.1) is 5.10 Å². The molecule has 1 saturated heterocycles. The Hall–Kier alpha value is -2.07. The van der Waals surface area contributed by atoms with Gasteiger partial charge in [0.15, 0.2) is 0 Å². The molecular weight excluding hydrogens is 510 g/mol. The molecule has 182 valence electrons. The van der Waals surface area contributed by atoms with Crippen LogP contribution in [0.1, 0.15) is 30.4 Å². The van der Waals surface area contributed by atoms with Crippen molar-refractivity contribution in [1.82, 2.24) is 24.8 Å². The fraction of sp³-hybridized carbons (Fsp3) is 0.440. The van der Waals surface area contributed by atoms with Crippen molar-refractivity contribution in [3.63, 3.8) is 0 Å². The van der Waals surface area contributed by atoms with E-state index in [0.717, 1.165) is 68.8 Å². The van der Waals surface area contributed by atoms with Crippen molar-refractivity contribution in [2.24, 2.45) is 0 Å². The summed E-state index contributed by atoms with van der Waals surface area (Å²) in [6.07, 6.45) is 4.41. The first kappa shape index (κ1) is 25.0. The highest BCUT2D eigenvalue weighted by Gasteiger charge is 2.26. The third-order valence-electron chi connectivity index (χ3n) is 6.29. The summed E-state index contributed by atoms with van der Waals surface area (Å²) in [5, 5.41) is 6.98. The molecule has 0 amide bonds. The molecule has 0 unspecified atom stereocenters. The third kappa shape index (κ3) is 7.46. The fourth-order valence-electron chi connectivity index (χ4n) is 4.33. The Kier molecular flexibility index (Phi) is 9.26. The van der Waals surface area contributed by atoms with Gasteiger partial charge in [-0.05, 0) is 80.9 Å². The highest BCUT2D eigenvalue weighted by Crippen LogP contribution is 2.22. The van der Waals surface area contributed by atoms with Crippen molar-refractivity contribution in [3.8, 4) is 0 Å². The van der Waals surface area contributed by atoms with E-state index in [-0.39, 0.29) is 0 Å². The SMILES string of the molecule is Cc1ccc(SNCCCN(CCc2ccc(Br)cc2)C2CCN(c3n[nH]c(N)n3)CC2)cc1. The van der Waals surface area contributed by atoms with Gasteiger partial charge in [-0.1, -0.05) is 45.8 Å². The average Bonchev–Trinajstić information content (AvgIpc) is 3.29. The Balaban J connectivity index is 1.28. The fourth-order valence-corrected chi connectivity index (χ4v) is 5.28. The van der Waals surface area contributed by atoms with Gasteiger partial charge in [0.05, 0.1) is 0 Å². The number of aromatic amines is 1. The number of nitrogen functional groups attached to an aromatic ring is 1. The second kappa shape index (κ2) is 12.6. The lowest BCUT2D eigenvalue weighted by molar-refractivity contribution is 0.169. The Morgan fingerprint density at radius 3 is 2.53 bits per heavy atom. The zero-order chi connectivity index (χ0) is 23.8. The molecule has 0 radical (unpaired) electrons. The maximum absolute atomic E-state index is 5.71. The smallest absolute Gasteiger partial charge is 0.246 e. The molecule has 0 spiro atoms. The van der Waals surface area contributed by atoms with Gasteiger partial charge in [0.1, 0.15) is 0 Å². The van der Waals surface area contributed by atoms with Crippen LogP contribution >= 0.6 is 27.9 Å².